The molecule has 1 fully saturated rings. The number of imidazole rings is 1. The molecule has 7 nitrogen and oxygen atoms in total. The molecule has 0 atom stereocenters. The number of aromatic nitrogens is 2. The van der Waals surface area contributed by atoms with Gasteiger partial charge in [-0.25, -0.2) is 18.5 Å². The summed E-state index contributed by atoms with van der Waals surface area (Å²) in [5.74, 6) is 1.06. The molecular weight excluding hydrogens is 360 g/mol. The van der Waals surface area contributed by atoms with Crippen LogP contribution in [0.5, 0.6) is 0 Å². The molecular formula is C16H22N4O3S2. The predicted octanol–water partition coefficient (Wildman–Crippen LogP) is 1.66. The maximum absolute atomic E-state index is 12.3. The summed E-state index contributed by atoms with van der Waals surface area (Å²) in [6.45, 7) is 3.49. The van der Waals surface area contributed by atoms with Crippen molar-refractivity contribution in [1.82, 2.24) is 14.5 Å². The molecule has 3 rings (SSSR count). The van der Waals surface area contributed by atoms with E-state index in [-0.39, 0.29) is 10.8 Å². The summed E-state index contributed by atoms with van der Waals surface area (Å²) in [5, 5.41) is 5.89. The number of fused-ring (bicyclic) bond motifs is 1. The Morgan fingerprint density at radius 3 is 2.76 bits per heavy atom. The number of rotatable bonds is 7. The molecule has 136 valence electrons. The number of hydrogen-bond acceptors (Lipinski definition) is 5. The zero-order valence-corrected chi connectivity index (χ0v) is 15.9. The number of carbonyl (C=O) groups is 1. The molecule has 1 aromatic heterocycles. The topological polar surface area (TPSA) is 98.3 Å². The van der Waals surface area contributed by atoms with Crippen molar-refractivity contribution in [3.8, 4) is 0 Å². The van der Waals surface area contributed by atoms with Crippen molar-refractivity contribution >= 4 is 38.7 Å². The first-order chi connectivity index (χ1) is 11.8. The fraction of sp³-hybridized carbons (Fsp3) is 0.500. The van der Waals surface area contributed by atoms with Crippen LogP contribution in [-0.2, 0) is 21.4 Å². The molecule has 0 spiro atoms. The molecule has 0 radical (unpaired) electrons. The molecule has 1 aliphatic rings. The number of hydrogen-bond donors (Lipinski definition) is 1. The van der Waals surface area contributed by atoms with Crippen molar-refractivity contribution in [3.63, 3.8) is 0 Å². The number of sulfonamides is 1. The molecule has 1 saturated carbocycles. The number of carbonyl (C=O) groups excluding carboxylic acids is 1. The molecule has 1 heterocycles. The SMILES string of the molecule is CCn1c(SCC(=O)N(C)CC2CC2)nc2cc(S(N)(=O)=O)ccc21. The van der Waals surface area contributed by atoms with Crippen LogP contribution in [0.15, 0.2) is 28.3 Å². The lowest BCUT2D eigenvalue weighted by molar-refractivity contribution is -0.127. The monoisotopic (exact) mass is 382 g/mol. The highest BCUT2D eigenvalue weighted by Gasteiger charge is 2.25. The summed E-state index contributed by atoms with van der Waals surface area (Å²) in [5.41, 5.74) is 1.39. The summed E-state index contributed by atoms with van der Waals surface area (Å²) in [6, 6.07) is 4.66. The summed E-state index contributed by atoms with van der Waals surface area (Å²) in [7, 11) is -1.93. The Labute approximate surface area is 151 Å². The van der Waals surface area contributed by atoms with Gasteiger partial charge < -0.3 is 9.47 Å². The number of nitrogens with zero attached hydrogens (tertiary/aromatic N) is 3. The Kier molecular flexibility index (Phi) is 5.08. The van der Waals surface area contributed by atoms with E-state index in [2.05, 4.69) is 4.98 Å². The van der Waals surface area contributed by atoms with Crippen molar-refractivity contribution < 1.29 is 13.2 Å². The van der Waals surface area contributed by atoms with E-state index in [1.54, 1.807) is 11.0 Å². The van der Waals surface area contributed by atoms with Crippen LogP contribution in [0, 0.1) is 5.92 Å². The largest absolute Gasteiger partial charge is 0.345 e. The van der Waals surface area contributed by atoms with E-state index in [1.165, 1.54) is 36.7 Å². The minimum absolute atomic E-state index is 0.0394. The highest BCUT2D eigenvalue weighted by atomic mass is 32.2. The van der Waals surface area contributed by atoms with Crippen molar-refractivity contribution in [2.75, 3.05) is 19.3 Å². The smallest absolute Gasteiger partial charge is 0.238 e. The first kappa shape index (κ1) is 18.2. The average Bonchev–Trinajstić information content (AvgIpc) is 3.29. The summed E-state index contributed by atoms with van der Waals surface area (Å²) >= 11 is 1.37. The fourth-order valence-corrected chi connectivity index (χ4v) is 4.26. The summed E-state index contributed by atoms with van der Waals surface area (Å²) < 4.78 is 25.0. The van der Waals surface area contributed by atoms with Crippen molar-refractivity contribution in [3.05, 3.63) is 18.2 Å². The lowest BCUT2D eigenvalue weighted by Crippen LogP contribution is -2.30. The minimum atomic E-state index is -3.76. The quantitative estimate of drug-likeness (QED) is 0.735. The van der Waals surface area contributed by atoms with Crippen molar-refractivity contribution in [2.45, 2.75) is 36.4 Å². The van der Waals surface area contributed by atoms with Gasteiger partial charge >= 0.3 is 0 Å². The highest BCUT2D eigenvalue weighted by molar-refractivity contribution is 7.99. The Morgan fingerprint density at radius 1 is 1.44 bits per heavy atom. The summed E-state index contributed by atoms with van der Waals surface area (Å²) in [4.78, 5) is 18.6. The van der Waals surface area contributed by atoms with Crippen LogP contribution in [0.2, 0.25) is 0 Å². The van der Waals surface area contributed by atoms with Crippen LogP contribution in [0.25, 0.3) is 11.0 Å². The molecule has 1 amide bonds. The Balaban J connectivity index is 1.79. The molecule has 2 N–H and O–H groups in total. The zero-order valence-electron chi connectivity index (χ0n) is 14.3. The standard InChI is InChI=1S/C16H22N4O3S2/c1-3-20-14-7-6-12(25(17,22)23)8-13(14)18-16(20)24-10-15(21)19(2)9-11-4-5-11/h6-8,11H,3-5,9-10H2,1-2H3,(H2,17,22,23). The minimum Gasteiger partial charge on any atom is -0.345 e. The molecule has 0 aliphatic heterocycles. The second-order valence-electron chi connectivity index (χ2n) is 6.34. The molecule has 0 bridgehead atoms. The van der Waals surface area contributed by atoms with Gasteiger partial charge in [-0.05, 0) is 43.9 Å². The summed E-state index contributed by atoms with van der Waals surface area (Å²) in [6.07, 6.45) is 2.42. The van der Waals surface area contributed by atoms with Crippen LogP contribution in [-0.4, -0.2) is 48.1 Å². The first-order valence-electron chi connectivity index (χ1n) is 8.19. The van der Waals surface area contributed by atoms with Crippen LogP contribution in [0.4, 0.5) is 0 Å². The van der Waals surface area contributed by atoms with E-state index in [1.807, 2.05) is 18.5 Å². The van der Waals surface area contributed by atoms with Gasteiger partial charge in [-0.2, -0.15) is 0 Å². The third kappa shape index (κ3) is 4.16. The van der Waals surface area contributed by atoms with Gasteiger partial charge in [0.15, 0.2) is 5.16 Å². The Morgan fingerprint density at radius 2 is 2.16 bits per heavy atom. The first-order valence-corrected chi connectivity index (χ1v) is 10.7. The van der Waals surface area contributed by atoms with Gasteiger partial charge in [-0.1, -0.05) is 11.8 Å². The van der Waals surface area contributed by atoms with E-state index >= 15 is 0 Å². The van der Waals surface area contributed by atoms with Crippen LogP contribution in [0.3, 0.4) is 0 Å². The number of nitrogens with two attached hydrogens (primary N) is 1. The normalized spacial score (nSPS) is 14.8. The molecule has 2 aromatic rings. The van der Waals surface area contributed by atoms with Crippen LogP contribution >= 0.6 is 11.8 Å². The van der Waals surface area contributed by atoms with Crippen LogP contribution < -0.4 is 5.14 Å². The van der Waals surface area contributed by atoms with Crippen molar-refractivity contribution in [2.24, 2.45) is 11.1 Å². The second kappa shape index (κ2) is 6.97. The molecule has 9 heteroatoms. The number of primary sulfonamides is 1. The number of benzene rings is 1. The molecule has 0 saturated heterocycles. The van der Waals surface area contributed by atoms with E-state index < -0.39 is 10.0 Å². The molecule has 25 heavy (non-hydrogen) atoms. The van der Waals surface area contributed by atoms with Gasteiger partial charge in [0, 0.05) is 20.1 Å². The molecule has 0 unspecified atom stereocenters. The number of aryl methyl sites for hydroxylation is 1. The van der Waals surface area contributed by atoms with Gasteiger partial charge in [0.25, 0.3) is 0 Å². The van der Waals surface area contributed by atoms with Gasteiger partial charge in [0.2, 0.25) is 15.9 Å². The van der Waals surface area contributed by atoms with Gasteiger partial charge in [-0.15, -0.1) is 0 Å². The number of amides is 1. The number of thioether (sulfide) groups is 1. The van der Waals surface area contributed by atoms with E-state index in [9.17, 15) is 13.2 Å². The predicted molar refractivity (Wildman–Crippen MR) is 97.9 cm³/mol. The van der Waals surface area contributed by atoms with Crippen LogP contribution in [0.1, 0.15) is 19.8 Å². The third-order valence-electron chi connectivity index (χ3n) is 4.31. The van der Waals surface area contributed by atoms with Gasteiger partial charge in [0.05, 0.1) is 21.7 Å². The van der Waals surface area contributed by atoms with E-state index in [0.717, 1.165) is 12.1 Å². The Bertz CT molecular complexity index is 903. The van der Waals surface area contributed by atoms with Gasteiger partial charge in [-0.3, -0.25) is 4.79 Å². The molecule has 1 aliphatic carbocycles. The third-order valence-corrected chi connectivity index (χ3v) is 6.18. The lowest BCUT2D eigenvalue weighted by atomic mass is 10.3. The average molecular weight is 383 g/mol. The van der Waals surface area contributed by atoms with E-state index in [4.69, 9.17) is 5.14 Å². The lowest BCUT2D eigenvalue weighted by Gasteiger charge is -2.16. The highest BCUT2D eigenvalue weighted by Crippen LogP contribution is 2.30. The van der Waals surface area contributed by atoms with Crippen molar-refractivity contribution in [1.29, 1.82) is 0 Å². The second-order valence-corrected chi connectivity index (χ2v) is 8.84. The zero-order chi connectivity index (χ0) is 18.2. The Hall–Kier alpha value is -1.58. The fourth-order valence-electron chi connectivity index (χ4n) is 2.71. The molecule has 1 aromatic carbocycles. The maximum atomic E-state index is 12.3. The van der Waals surface area contributed by atoms with E-state index in [0.29, 0.717) is 28.9 Å². The maximum Gasteiger partial charge on any atom is 0.238 e. The van der Waals surface area contributed by atoms with Gasteiger partial charge in [0.1, 0.15) is 0 Å².